The van der Waals surface area contributed by atoms with Gasteiger partial charge in [-0.15, -0.1) is 0 Å². The average Bonchev–Trinajstić information content (AvgIpc) is 2.90. The highest BCUT2D eigenvalue weighted by atomic mass is 79.9. The molecule has 1 saturated carbocycles. The third-order valence-electron chi connectivity index (χ3n) is 4.07. The van der Waals surface area contributed by atoms with Crippen LogP contribution in [0.3, 0.4) is 0 Å². The Kier molecular flexibility index (Phi) is 5.70. The van der Waals surface area contributed by atoms with Crippen molar-refractivity contribution in [3.05, 3.63) is 28.5 Å². The van der Waals surface area contributed by atoms with Crippen LogP contribution in [0.1, 0.15) is 31.2 Å². The number of nitrogens with zero attached hydrogens (tertiary/aromatic N) is 1. The van der Waals surface area contributed by atoms with E-state index in [1.54, 1.807) is 0 Å². The van der Waals surface area contributed by atoms with Crippen molar-refractivity contribution in [1.82, 2.24) is 4.98 Å². The second kappa shape index (κ2) is 6.85. The summed E-state index contributed by atoms with van der Waals surface area (Å²) >= 11 is 11.0. The maximum atomic E-state index is 4.29. The van der Waals surface area contributed by atoms with Crippen molar-refractivity contribution in [2.24, 2.45) is 11.3 Å². The van der Waals surface area contributed by atoms with Crippen LogP contribution in [0, 0.1) is 11.3 Å². The zero-order valence-electron chi connectivity index (χ0n) is 10.3. The summed E-state index contributed by atoms with van der Waals surface area (Å²) in [6, 6.07) is 2.20. The number of aromatic nitrogens is 1. The molecular formula is C14H18Br3N. The first-order chi connectivity index (χ1) is 8.70. The number of alkyl halides is 2. The highest BCUT2D eigenvalue weighted by Crippen LogP contribution is 2.44. The molecule has 1 heterocycles. The number of halogens is 3. The lowest BCUT2D eigenvalue weighted by Crippen LogP contribution is -2.35. The molecule has 0 bridgehead atoms. The minimum Gasteiger partial charge on any atom is -0.263 e. The second-order valence-electron chi connectivity index (χ2n) is 5.30. The van der Waals surface area contributed by atoms with E-state index in [1.165, 1.54) is 31.2 Å². The number of hydrogen-bond donors (Lipinski definition) is 0. The molecule has 0 aliphatic heterocycles. The summed E-state index contributed by atoms with van der Waals surface area (Å²) in [6.07, 6.45) is 10.5. The van der Waals surface area contributed by atoms with Crippen LogP contribution >= 0.6 is 47.8 Å². The zero-order chi connectivity index (χ0) is 13.0. The summed E-state index contributed by atoms with van der Waals surface area (Å²) in [5.41, 5.74) is 1.66. The predicted molar refractivity (Wildman–Crippen MR) is 87.6 cm³/mol. The summed E-state index contributed by atoms with van der Waals surface area (Å²) in [5.74, 6) is 0.829. The Morgan fingerprint density at radius 1 is 1.17 bits per heavy atom. The predicted octanol–water partition coefficient (Wildman–Crippen LogP) is 5.35. The van der Waals surface area contributed by atoms with E-state index in [-0.39, 0.29) is 0 Å². The molecule has 0 atom stereocenters. The van der Waals surface area contributed by atoms with Crippen LogP contribution in [-0.2, 0) is 6.42 Å². The van der Waals surface area contributed by atoms with Gasteiger partial charge in [0.05, 0.1) is 0 Å². The van der Waals surface area contributed by atoms with Gasteiger partial charge in [-0.3, -0.25) is 4.98 Å². The van der Waals surface area contributed by atoms with Gasteiger partial charge in [0.2, 0.25) is 0 Å². The first-order valence-corrected chi connectivity index (χ1v) is 9.45. The third kappa shape index (κ3) is 3.37. The Morgan fingerprint density at radius 2 is 1.83 bits per heavy atom. The van der Waals surface area contributed by atoms with E-state index in [0.29, 0.717) is 5.41 Å². The molecule has 0 radical (unpaired) electrons. The minimum atomic E-state index is 0.332. The zero-order valence-corrected chi connectivity index (χ0v) is 15.1. The summed E-state index contributed by atoms with van der Waals surface area (Å²) in [4.78, 5) is 4.29. The van der Waals surface area contributed by atoms with E-state index >= 15 is 0 Å². The van der Waals surface area contributed by atoms with Crippen molar-refractivity contribution in [2.45, 2.75) is 32.1 Å². The molecule has 0 amide bonds. The molecule has 2 rings (SSSR count). The normalized spacial score (nSPS) is 17.3. The number of hydrogen-bond acceptors (Lipinski definition) is 1. The lowest BCUT2D eigenvalue weighted by atomic mass is 9.73. The first-order valence-electron chi connectivity index (χ1n) is 6.41. The first kappa shape index (κ1) is 15.0. The summed E-state index contributed by atoms with van der Waals surface area (Å²) in [5, 5.41) is 2.12. The molecule has 100 valence electrons. The van der Waals surface area contributed by atoms with Crippen molar-refractivity contribution >= 4 is 47.8 Å². The lowest BCUT2D eigenvalue weighted by Gasteiger charge is -2.36. The van der Waals surface area contributed by atoms with Gasteiger partial charge in [-0.1, -0.05) is 44.7 Å². The summed E-state index contributed by atoms with van der Waals surface area (Å²) in [7, 11) is 0. The van der Waals surface area contributed by atoms with E-state index in [1.807, 2.05) is 12.4 Å². The molecular weight excluding hydrogens is 422 g/mol. The van der Waals surface area contributed by atoms with Gasteiger partial charge in [0.15, 0.2) is 0 Å². The highest BCUT2D eigenvalue weighted by Gasteiger charge is 2.38. The Morgan fingerprint density at radius 3 is 2.39 bits per heavy atom. The Bertz CT molecular complexity index is 384. The topological polar surface area (TPSA) is 12.9 Å². The standard InChI is InChI=1S/C14H18Br3N/c15-9-14(10-16,12-3-1-2-4-12)6-11-5-13(17)8-18-7-11/h5,7-8,12H,1-4,6,9-10H2. The molecule has 1 aliphatic rings. The average molecular weight is 440 g/mol. The van der Waals surface area contributed by atoms with Crippen molar-refractivity contribution in [3.8, 4) is 0 Å². The number of rotatable bonds is 5. The molecule has 1 aliphatic carbocycles. The molecule has 0 saturated heterocycles. The lowest BCUT2D eigenvalue weighted by molar-refractivity contribution is 0.233. The van der Waals surface area contributed by atoms with E-state index in [4.69, 9.17) is 0 Å². The van der Waals surface area contributed by atoms with E-state index in [0.717, 1.165) is 27.5 Å². The van der Waals surface area contributed by atoms with Gasteiger partial charge < -0.3 is 0 Å². The van der Waals surface area contributed by atoms with E-state index in [2.05, 4.69) is 58.8 Å². The Hall–Kier alpha value is 0.590. The molecule has 4 heteroatoms. The molecule has 1 fully saturated rings. The molecule has 1 aromatic heterocycles. The molecule has 1 aromatic rings. The van der Waals surface area contributed by atoms with Gasteiger partial charge in [-0.05, 0) is 58.2 Å². The third-order valence-corrected chi connectivity index (χ3v) is 6.74. The van der Waals surface area contributed by atoms with Crippen LogP contribution in [0.15, 0.2) is 22.9 Å². The van der Waals surface area contributed by atoms with Crippen LogP contribution in [0.25, 0.3) is 0 Å². The van der Waals surface area contributed by atoms with Crippen LogP contribution < -0.4 is 0 Å². The smallest absolute Gasteiger partial charge is 0.0410 e. The molecule has 1 nitrogen and oxygen atoms in total. The van der Waals surface area contributed by atoms with Gasteiger partial charge in [-0.25, -0.2) is 0 Å². The van der Waals surface area contributed by atoms with Crippen molar-refractivity contribution < 1.29 is 0 Å². The maximum absolute atomic E-state index is 4.29. The van der Waals surface area contributed by atoms with Gasteiger partial charge >= 0.3 is 0 Å². The highest BCUT2D eigenvalue weighted by molar-refractivity contribution is 9.10. The molecule has 0 spiro atoms. The summed E-state index contributed by atoms with van der Waals surface area (Å²) < 4.78 is 1.07. The van der Waals surface area contributed by atoms with Gasteiger partial charge in [-0.2, -0.15) is 0 Å². The fraction of sp³-hybridized carbons (Fsp3) is 0.643. The quantitative estimate of drug-likeness (QED) is 0.563. The monoisotopic (exact) mass is 437 g/mol. The van der Waals surface area contributed by atoms with Gasteiger partial charge in [0.1, 0.15) is 0 Å². The van der Waals surface area contributed by atoms with Crippen LogP contribution in [-0.4, -0.2) is 15.6 Å². The fourth-order valence-corrected chi connectivity index (χ4v) is 5.64. The Labute approximate surface area is 135 Å². The van der Waals surface area contributed by atoms with E-state index < -0.39 is 0 Å². The fourth-order valence-electron chi connectivity index (χ4n) is 2.99. The maximum Gasteiger partial charge on any atom is 0.0410 e. The van der Waals surface area contributed by atoms with Gasteiger partial charge in [0, 0.05) is 27.5 Å². The number of pyridine rings is 1. The van der Waals surface area contributed by atoms with Crippen LogP contribution in [0.4, 0.5) is 0 Å². The largest absolute Gasteiger partial charge is 0.263 e. The van der Waals surface area contributed by atoms with Gasteiger partial charge in [0.25, 0.3) is 0 Å². The second-order valence-corrected chi connectivity index (χ2v) is 7.34. The molecule has 18 heavy (non-hydrogen) atoms. The van der Waals surface area contributed by atoms with Crippen molar-refractivity contribution in [1.29, 1.82) is 0 Å². The summed E-state index contributed by atoms with van der Waals surface area (Å²) in [6.45, 7) is 0. The van der Waals surface area contributed by atoms with Crippen molar-refractivity contribution in [2.75, 3.05) is 10.7 Å². The molecule has 0 unspecified atom stereocenters. The molecule has 0 N–H and O–H groups in total. The molecule has 0 aromatic carbocycles. The van der Waals surface area contributed by atoms with Crippen LogP contribution in [0.2, 0.25) is 0 Å². The van der Waals surface area contributed by atoms with Crippen molar-refractivity contribution in [3.63, 3.8) is 0 Å². The SMILES string of the molecule is BrCC(CBr)(Cc1cncc(Br)c1)C1CCCC1. The Balaban J connectivity index is 2.19. The van der Waals surface area contributed by atoms with Crippen LogP contribution in [0.5, 0.6) is 0 Å². The van der Waals surface area contributed by atoms with E-state index in [9.17, 15) is 0 Å². The minimum absolute atomic E-state index is 0.332.